The number of ether oxygens (including phenoxy) is 2. The third-order valence-electron chi connectivity index (χ3n) is 3.58. The molecule has 1 aliphatic heterocycles. The Morgan fingerprint density at radius 1 is 1.30 bits per heavy atom. The number of aliphatic hydroxyl groups is 2. The lowest BCUT2D eigenvalue weighted by atomic mass is 9.94. The maximum absolute atomic E-state index is 12.6. The Labute approximate surface area is 132 Å². The van der Waals surface area contributed by atoms with Gasteiger partial charge in [-0.25, -0.2) is 4.98 Å². The summed E-state index contributed by atoms with van der Waals surface area (Å²) in [5, 5.41) is 20.2. The first-order chi connectivity index (χ1) is 10.7. The van der Waals surface area contributed by atoms with Crippen molar-refractivity contribution in [3.8, 4) is 5.88 Å². The van der Waals surface area contributed by atoms with Crippen LogP contribution < -0.4 is 4.74 Å². The molecule has 0 amide bonds. The van der Waals surface area contributed by atoms with Crippen molar-refractivity contribution < 1.29 is 32.9 Å². The van der Waals surface area contributed by atoms with Crippen molar-refractivity contribution in [1.29, 1.82) is 0 Å². The average Bonchev–Trinajstić information content (AvgIpc) is 2.46. The molecule has 1 aliphatic rings. The minimum Gasteiger partial charge on any atom is -0.469 e. The van der Waals surface area contributed by atoms with Crippen molar-refractivity contribution in [3.63, 3.8) is 0 Å². The molecule has 0 saturated carbocycles. The van der Waals surface area contributed by atoms with Crippen LogP contribution in [0.5, 0.6) is 5.88 Å². The summed E-state index contributed by atoms with van der Waals surface area (Å²) in [6.07, 6.45) is -7.95. The predicted octanol–water partition coefficient (Wildman–Crippen LogP) is 2.01. The van der Waals surface area contributed by atoms with E-state index in [4.69, 9.17) is 9.47 Å². The summed E-state index contributed by atoms with van der Waals surface area (Å²) in [5.41, 5.74) is -1.08. The van der Waals surface area contributed by atoms with E-state index in [9.17, 15) is 23.4 Å². The minimum absolute atomic E-state index is 0.0342. The van der Waals surface area contributed by atoms with Crippen LogP contribution in [0.25, 0.3) is 0 Å². The molecule has 2 rings (SSSR count). The maximum Gasteiger partial charge on any atom is 0.433 e. The number of rotatable bonds is 4. The van der Waals surface area contributed by atoms with E-state index in [1.165, 1.54) is 12.1 Å². The van der Waals surface area contributed by atoms with Gasteiger partial charge in [-0.1, -0.05) is 19.9 Å². The number of aromatic nitrogens is 1. The molecule has 130 valence electrons. The molecule has 4 atom stereocenters. The fourth-order valence-corrected chi connectivity index (χ4v) is 2.42. The molecule has 0 spiro atoms. The third kappa shape index (κ3) is 4.55. The first kappa shape index (κ1) is 18.0. The molecule has 0 radical (unpaired) electrons. The fraction of sp³-hybridized carbons (Fsp3) is 0.667. The smallest absolute Gasteiger partial charge is 0.433 e. The van der Waals surface area contributed by atoms with Gasteiger partial charge in [0.15, 0.2) is 6.10 Å². The van der Waals surface area contributed by atoms with Gasteiger partial charge in [0.2, 0.25) is 5.88 Å². The Balaban J connectivity index is 2.04. The van der Waals surface area contributed by atoms with E-state index in [-0.39, 0.29) is 18.4 Å². The molecule has 0 bridgehead atoms. The van der Waals surface area contributed by atoms with Crippen LogP contribution in [0.2, 0.25) is 0 Å². The molecule has 1 aromatic rings. The van der Waals surface area contributed by atoms with E-state index in [1.54, 1.807) is 0 Å². The van der Waals surface area contributed by atoms with Crippen LogP contribution in [-0.2, 0) is 10.9 Å². The number of nitrogens with zero attached hydrogens (tertiary/aromatic N) is 1. The summed E-state index contributed by atoms with van der Waals surface area (Å²) in [6.45, 7) is 3.88. The van der Waals surface area contributed by atoms with Gasteiger partial charge in [-0.3, -0.25) is 0 Å². The monoisotopic (exact) mass is 335 g/mol. The summed E-state index contributed by atoms with van der Waals surface area (Å²) in [5.74, 6) is -0.00793. The van der Waals surface area contributed by atoms with Crippen molar-refractivity contribution in [2.75, 3.05) is 6.61 Å². The average molecular weight is 335 g/mol. The summed E-state index contributed by atoms with van der Waals surface area (Å²) >= 11 is 0. The van der Waals surface area contributed by atoms with Crippen LogP contribution in [0.1, 0.15) is 26.0 Å². The minimum atomic E-state index is -4.58. The molecule has 0 aliphatic carbocycles. The number of halogens is 3. The molecule has 0 unspecified atom stereocenters. The highest BCUT2D eigenvalue weighted by Crippen LogP contribution is 2.29. The van der Waals surface area contributed by atoms with E-state index < -0.39 is 36.3 Å². The zero-order valence-electron chi connectivity index (χ0n) is 12.8. The molecule has 5 nitrogen and oxygen atoms in total. The predicted molar refractivity (Wildman–Crippen MR) is 74.9 cm³/mol. The van der Waals surface area contributed by atoms with Gasteiger partial charge >= 0.3 is 6.18 Å². The van der Waals surface area contributed by atoms with Crippen LogP contribution in [0.15, 0.2) is 18.2 Å². The lowest BCUT2D eigenvalue weighted by Gasteiger charge is -2.38. The highest BCUT2D eigenvalue weighted by molar-refractivity contribution is 5.18. The third-order valence-corrected chi connectivity index (χ3v) is 3.58. The quantitative estimate of drug-likeness (QED) is 0.881. The highest BCUT2D eigenvalue weighted by atomic mass is 19.4. The zero-order valence-corrected chi connectivity index (χ0v) is 12.8. The Hall–Kier alpha value is -1.38. The maximum atomic E-state index is 12.6. The van der Waals surface area contributed by atoms with E-state index in [0.29, 0.717) is 6.42 Å². The van der Waals surface area contributed by atoms with Gasteiger partial charge < -0.3 is 19.7 Å². The second-order valence-electron chi connectivity index (χ2n) is 6.00. The van der Waals surface area contributed by atoms with Crippen molar-refractivity contribution >= 4 is 0 Å². The molecule has 2 N–H and O–H groups in total. The molecule has 0 aromatic carbocycles. The number of hydrogen-bond acceptors (Lipinski definition) is 5. The van der Waals surface area contributed by atoms with Gasteiger partial charge in [-0.15, -0.1) is 0 Å². The van der Waals surface area contributed by atoms with Crippen molar-refractivity contribution in [3.05, 3.63) is 23.9 Å². The summed E-state index contributed by atoms with van der Waals surface area (Å²) < 4.78 is 48.6. The van der Waals surface area contributed by atoms with E-state index in [0.717, 1.165) is 6.07 Å². The Morgan fingerprint density at radius 3 is 2.61 bits per heavy atom. The first-order valence-corrected chi connectivity index (χ1v) is 7.37. The fourth-order valence-electron chi connectivity index (χ4n) is 2.42. The van der Waals surface area contributed by atoms with E-state index >= 15 is 0 Å². The Morgan fingerprint density at radius 2 is 2.00 bits per heavy atom. The molecule has 8 heteroatoms. The standard InChI is InChI=1S/C15H20F3NO4/c1-8(2)6-9-13(20)14(21)10(7-22-9)23-12-5-3-4-11(19-12)15(16,17)18/h3-5,8-10,13-14,20-21H,6-7H2,1-2H3/t9-,10+,13+,14-/m1/s1. The Bertz CT molecular complexity index is 524. The molecular formula is C15H20F3NO4. The van der Waals surface area contributed by atoms with Crippen molar-refractivity contribution in [1.82, 2.24) is 4.98 Å². The number of alkyl halides is 3. The van der Waals surface area contributed by atoms with Gasteiger partial charge in [-0.05, 0) is 18.4 Å². The van der Waals surface area contributed by atoms with Crippen molar-refractivity contribution in [2.24, 2.45) is 5.92 Å². The lowest BCUT2D eigenvalue weighted by molar-refractivity contribution is -0.184. The number of hydrogen-bond donors (Lipinski definition) is 2. The van der Waals surface area contributed by atoms with Gasteiger partial charge in [0.1, 0.15) is 17.9 Å². The normalized spacial score (nSPS) is 28.9. The van der Waals surface area contributed by atoms with Crippen LogP contribution in [0.4, 0.5) is 13.2 Å². The van der Waals surface area contributed by atoms with Gasteiger partial charge in [0.05, 0.1) is 12.7 Å². The molecule has 23 heavy (non-hydrogen) atoms. The second kappa shape index (κ2) is 7.02. The number of pyridine rings is 1. The topological polar surface area (TPSA) is 71.8 Å². The lowest BCUT2D eigenvalue weighted by Crippen LogP contribution is -2.55. The molecule has 1 aromatic heterocycles. The zero-order chi connectivity index (χ0) is 17.2. The molecule has 2 heterocycles. The van der Waals surface area contributed by atoms with E-state index in [1.807, 2.05) is 13.8 Å². The van der Waals surface area contributed by atoms with Gasteiger partial charge in [0, 0.05) is 6.07 Å². The summed E-state index contributed by atoms with van der Waals surface area (Å²) in [6, 6.07) is 3.25. The van der Waals surface area contributed by atoms with E-state index in [2.05, 4.69) is 4.98 Å². The summed E-state index contributed by atoms with van der Waals surface area (Å²) in [4.78, 5) is 3.37. The largest absolute Gasteiger partial charge is 0.469 e. The first-order valence-electron chi connectivity index (χ1n) is 7.37. The molecule has 1 fully saturated rings. The molecule has 1 saturated heterocycles. The van der Waals surface area contributed by atoms with Crippen LogP contribution in [0.3, 0.4) is 0 Å². The van der Waals surface area contributed by atoms with Crippen LogP contribution >= 0.6 is 0 Å². The number of aliphatic hydroxyl groups excluding tert-OH is 2. The van der Waals surface area contributed by atoms with Crippen LogP contribution in [-0.4, -0.2) is 46.2 Å². The second-order valence-corrected chi connectivity index (χ2v) is 6.00. The van der Waals surface area contributed by atoms with Crippen LogP contribution in [0, 0.1) is 5.92 Å². The summed E-state index contributed by atoms with van der Waals surface area (Å²) in [7, 11) is 0. The van der Waals surface area contributed by atoms with Gasteiger partial charge in [-0.2, -0.15) is 13.2 Å². The van der Waals surface area contributed by atoms with Gasteiger partial charge in [0.25, 0.3) is 0 Å². The SMILES string of the molecule is CC(C)C[C@H]1OC[C@H](Oc2cccc(C(F)(F)F)n2)[C@@H](O)[C@H]1O. The van der Waals surface area contributed by atoms with Crippen molar-refractivity contribution in [2.45, 2.75) is 50.9 Å². The Kier molecular flexibility index (Phi) is 5.49. The highest BCUT2D eigenvalue weighted by Gasteiger charge is 2.40. The molecular weight excluding hydrogens is 315 g/mol.